The smallest absolute Gasteiger partial charge is 0.254 e. The minimum absolute atomic E-state index is 0.0915. The molecule has 1 amide bonds. The van der Waals surface area contributed by atoms with Crippen molar-refractivity contribution in [2.75, 3.05) is 32.8 Å². The van der Waals surface area contributed by atoms with Crippen LogP contribution in [-0.2, 0) is 11.3 Å². The first-order valence-electron chi connectivity index (χ1n) is 9.42. The van der Waals surface area contributed by atoms with E-state index in [9.17, 15) is 9.90 Å². The Morgan fingerprint density at radius 3 is 2.28 bits per heavy atom. The lowest BCUT2D eigenvalue weighted by Crippen LogP contribution is -2.48. The Kier molecular flexibility index (Phi) is 6.10. The predicted molar refractivity (Wildman–Crippen MR) is 97.4 cm³/mol. The van der Waals surface area contributed by atoms with E-state index in [0.29, 0.717) is 25.6 Å². The highest BCUT2D eigenvalue weighted by atomic mass is 16.5. The van der Waals surface area contributed by atoms with Crippen molar-refractivity contribution in [3.05, 3.63) is 35.4 Å². The Hall–Kier alpha value is -1.43. The second kappa shape index (κ2) is 8.30. The molecular weight excluding hydrogens is 316 g/mol. The van der Waals surface area contributed by atoms with Gasteiger partial charge in [0.1, 0.15) is 0 Å². The number of carbonyl (C=O) groups excluding carboxylic acids is 1. The van der Waals surface area contributed by atoms with Crippen LogP contribution in [0.5, 0.6) is 0 Å². The fourth-order valence-corrected chi connectivity index (χ4v) is 3.86. The van der Waals surface area contributed by atoms with Crippen LogP contribution in [0, 0.1) is 5.92 Å². The van der Waals surface area contributed by atoms with Crippen LogP contribution in [-0.4, -0.2) is 65.8 Å². The molecule has 2 aliphatic heterocycles. The van der Waals surface area contributed by atoms with Crippen molar-refractivity contribution in [1.29, 1.82) is 0 Å². The monoisotopic (exact) mass is 346 g/mol. The highest BCUT2D eigenvalue weighted by Gasteiger charge is 2.26. The molecule has 25 heavy (non-hydrogen) atoms. The number of aliphatic hydroxyl groups is 1. The minimum atomic E-state index is 0.0915. The summed E-state index contributed by atoms with van der Waals surface area (Å²) in [6, 6.07) is 8.03. The van der Waals surface area contributed by atoms with Gasteiger partial charge in [-0.1, -0.05) is 12.1 Å². The molecule has 0 bridgehead atoms. The number of likely N-dealkylation sites (tertiary alicyclic amines) is 1. The zero-order chi connectivity index (χ0) is 17.8. The molecule has 2 fully saturated rings. The summed E-state index contributed by atoms with van der Waals surface area (Å²) in [5.41, 5.74) is 1.99. The van der Waals surface area contributed by atoms with Crippen molar-refractivity contribution in [2.45, 2.75) is 45.4 Å². The number of morpholine rings is 1. The lowest BCUT2D eigenvalue weighted by atomic mass is 9.97. The molecular formula is C20H30N2O3. The first-order valence-corrected chi connectivity index (χ1v) is 9.42. The van der Waals surface area contributed by atoms with Gasteiger partial charge in [-0.2, -0.15) is 0 Å². The molecule has 1 aromatic carbocycles. The second-order valence-electron chi connectivity index (χ2n) is 7.57. The van der Waals surface area contributed by atoms with Crippen molar-refractivity contribution in [3.8, 4) is 0 Å². The van der Waals surface area contributed by atoms with Gasteiger partial charge in [-0.15, -0.1) is 0 Å². The van der Waals surface area contributed by atoms with E-state index in [0.717, 1.165) is 38.0 Å². The van der Waals surface area contributed by atoms with E-state index in [1.54, 1.807) is 0 Å². The van der Waals surface area contributed by atoms with Crippen molar-refractivity contribution < 1.29 is 14.6 Å². The van der Waals surface area contributed by atoms with E-state index < -0.39 is 0 Å². The Morgan fingerprint density at radius 1 is 1.12 bits per heavy atom. The lowest BCUT2D eigenvalue weighted by Gasteiger charge is -2.35. The Balaban J connectivity index is 1.56. The van der Waals surface area contributed by atoms with Gasteiger partial charge in [0.05, 0.1) is 12.2 Å². The fraction of sp³-hybridized carbons (Fsp3) is 0.650. The third-order valence-electron chi connectivity index (χ3n) is 5.28. The van der Waals surface area contributed by atoms with E-state index in [2.05, 4.69) is 17.0 Å². The van der Waals surface area contributed by atoms with Crippen LogP contribution in [0.3, 0.4) is 0 Å². The highest BCUT2D eigenvalue weighted by molar-refractivity contribution is 5.94. The number of hydrogen-bond acceptors (Lipinski definition) is 4. The maximum absolute atomic E-state index is 12.7. The standard InChI is InChI=1S/C20H30N2O3/c1-15-11-22(12-16(2)25-15)20(24)19-5-3-17(4-6-19)13-21-9-7-18(14-23)8-10-21/h3-6,15-16,18,23H,7-14H2,1-2H3. The molecule has 2 aliphatic rings. The molecule has 3 rings (SSSR count). The van der Waals surface area contributed by atoms with Crippen LogP contribution in [0.25, 0.3) is 0 Å². The van der Waals surface area contributed by atoms with Crippen LogP contribution in [0.4, 0.5) is 0 Å². The number of piperidine rings is 1. The van der Waals surface area contributed by atoms with Crippen LogP contribution in [0.2, 0.25) is 0 Å². The summed E-state index contributed by atoms with van der Waals surface area (Å²) in [6.07, 6.45) is 2.32. The molecule has 0 radical (unpaired) electrons. The molecule has 5 heteroatoms. The van der Waals surface area contributed by atoms with Crippen LogP contribution in [0.1, 0.15) is 42.6 Å². The van der Waals surface area contributed by atoms with E-state index in [4.69, 9.17) is 4.74 Å². The zero-order valence-electron chi connectivity index (χ0n) is 15.4. The molecule has 2 heterocycles. The van der Waals surface area contributed by atoms with E-state index >= 15 is 0 Å². The maximum atomic E-state index is 12.7. The van der Waals surface area contributed by atoms with Crippen LogP contribution >= 0.6 is 0 Å². The van der Waals surface area contributed by atoms with Gasteiger partial charge < -0.3 is 14.7 Å². The first kappa shape index (κ1) is 18.4. The lowest BCUT2D eigenvalue weighted by molar-refractivity contribution is -0.0586. The number of carbonyl (C=O) groups is 1. The molecule has 2 saturated heterocycles. The number of benzene rings is 1. The molecule has 0 aromatic heterocycles. The molecule has 0 aliphatic carbocycles. The van der Waals surface area contributed by atoms with Crippen molar-refractivity contribution in [2.24, 2.45) is 5.92 Å². The maximum Gasteiger partial charge on any atom is 0.254 e. The molecule has 0 spiro atoms. The van der Waals surface area contributed by atoms with Gasteiger partial charge in [-0.25, -0.2) is 0 Å². The average Bonchev–Trinajstić information content (AvgIpc) is 2.61. The van der Waals surface area contributed by atoms with Crippen LogP contribution < -0.4 is 0 Å². The van der Waals surface area contributed by atoms with Gasteiger partial charge in [0.15, 0.2) is 0 Å². The summed E-state index contributed by atoms with van der Waals surface area (Å²) in [5.74, 6) is 0.562. The summed E-state index contributed by atoms with van der Waals surface area (Å²) < 4.78 is 5.71. The molecule has 2 unspecified atom stereocenters. The summed E-state index contributed by atoms with van der Waals surface area (Å²) >= 11 is 0. The normalized spacial score (nSPS) is 26.0. The summed E-state index contributed by atoms with van der Waals surface area (Å²) in [4.78, 5) is 17.0. The SMILES string of the molecule is CC1CN(C(=O)c2ccc(CN3CCC(CO)CC3)cc2)CC(C)O1. The van der Waals surface area contributed by atoms with E-state index in [1.165, 1.54) is 5.56 Å². The summed E-state index contributed by atoms with van der Waals surface area (Å²) in [5, 5.41) is 9.23. The number of aliphatic hydroxyl groups excluding tert-OH is 1. The van der Waals surface area contributed by atoms with Crippen molar-refractivity contribution in [3.63, 3.8) is 0 Å². The topological polar surface area (TPSA) is 53.0 Å². The van der Waals surface area contributed by atoms with Gasteiger partial charge in [-0.3, -0.25) is 9.69 Å². The Labute approximate surface area is 150 Å². The molecule has 1 N–H and O–H groups in total. The largest absolute Gasteiger partial charge is 0.396 e. The van der Waals surface area contributed by atoms with Crippen molar-refractivity contribution >= 4 is 5.91 Å². The molecule has 138 valence electrons. The molecule has 1 aromatic rings. The van der Waals surface area contributed by atoms with Gasteiger partial charge in [0, 0.05) is 31.8 Å². The highest BCUT2D eigenvalue weighted by Crippen LogP contribution is 2.19. The minimum Gasteiger partial charge on any atom is -0.396 e. The van der Waals surface area contributed by atoms with Crippen molar-refractivity contribution in [1.82, 2.24) is 9.80 Å². The van der Waals surface area contributed by atoms with Gasteiger partial charge in [0.2, 0.25) is 0 Å². The summed E-state index contributed by atoms with van der Waals surface area (Å²) in [6.45, 7) is 8.64. The zero-order valence-corrected chi connectivity index (χ0v) is 15.4. The van der Waals surface area contributed by atoms with Crippen LogP contribution in [0.15, 0.2) is 24.3 Å². The fourth-order valence-electron chi connectivity index (χ4n) is 3.86. The third kappa shape index (κ3) is 4.81. The number of nitrogens with zero attached hydrogens (tertiary/aromatic N) is 2. The first-order chi connectivity index (χ1) is 12.0. The summed E-state index contributed by atoms with van der Waals surface area (Å²) in [7, 11) is 0. The van der Waals surface area contributed by atoms with Gasteiger partial charge in [-0.05, 0) is 63.4 Å². The average molecular weight is 346 g/mol. The quantitative estimate of drug-likeness (QED) is 0.908. The molecule has 2 atom stereocenters. The van der Waals surface area contributed by atoms with E-state index in [1.807, 2.05) is 30.9 Å². The number of hydrogen-bond donors (Lipinski definition) is 1. The Bertz CT molecular complexity index is 557. The number of amides is 1. The second-order valence-corrected chi connectivity index (χ2v) is 7.57. The van der Waals surface area contributed by atoms with Gasteiger partial charge in [0.25, 0.3) is 5.91 Å². The molecule has 5 nitrogen and oxygen atoms in total. The molecule has 0 saturated carbocycles. The third-order valence-corrected chi connectivity index (χ3v) is 5.28. The number of rotatable bonds is 4. The predicted octanol–water partition coefficient (Wildman–Crippen LogP) is 2.14. The van der Waals surface area contributed by atoms with E-state index in [-0.39, 0.29) is 18.1 Å². The van der Waals surface area contributed by atoms with Gasteiger partial charge >= 0.3 is 0 Å². The Morgan fingerprint density at radius 2 is 1.72 bits per heavy atom. The number of ether oxygens (including phenoxy) is 1.